The maximum Gasteiger partial charge on any atom is 0.247 e. The molecule has 0 spiro atoms. The van der Waals surface area contributed by atoms with Crippen LogP contribution in [0.1, 0.15) is 42.6 Å². The molecule has 0 aliphatic rings. The van der Waals surface area contributed by atoms with Crippen LogP contribution in [0.4, 0.5) is 0 Å². The Kier molecular flexibility index (Phi) is 4.43. The van der Waals surface area contributed by atoms with Crippen LogP contribution in [0.15, 0.2) is 53.5 Å². The summed E-state index contributed by atoms with van der Waals surface area (Å²) in [7, 11) is 0. The lowest BCUT2D eigenvalue weighted by molar-refractivity contribution is 0.516. The number of fused-ring (bicyclic) bond motifs is 1. The molecule has 150 valence electrons. The molecule has 0 saturated heterocycles. The van der Waals surface area contributed by atoms with Crippen molar-refractivity contribution in [3.8, 4) is 22.7 Å². The van der Waals surface area contributed by atoms with Crippen LogP contribution in [0, 0.1) is 6.92 Å². The third-order valence-electron chi connectivity index (χ3n) is 5.21. The van der Waals surface area contributed by atoms with Gasteiger partial charge in [0.15, 0.2) is 0 Å². The van der Waals surface area contributed by atoms with Crippen molar-refractivity contribution >= 4 is 10.9 Å². The van der Waals surface area contributed by atoms with Gasteiger partial charge in [-0.3, -0.25) is 4.98 Å². The first-order chi connectivity index (χ1) is 14.6. The summed E-state index contributed by atoms with van der Waals surface area (Å²) in [4.78, 5) is 15.0. The van der Waals surface area contributed by atoms with Crippen LogP contribution in [0.2, 0.25) is 0 Å². The molecule has 4 heterocycles. The zero-order valence-corrected chi connectivity index (χ0v) is 17.1. The quantitative estimate of drug-likeness (QED) is 0.433. The number of aromatic amines is 2. The molecule has 7 heteroatoms. The molecule has 0 amide bonds. The van der Waals surface area contributed by atoms with Crippen LogP contribution in [0.5, 0.6) is 0 Å². The minimum Gasteiger partial charge on any atom is -0.420 e. The maximum absolute atomic E-state index is 5.91. The van der Waals surface area contributed by atoms with Crippen LogP contribution >= 0.6 is 0 Å². The van der Waals surface area contributed by atoms with Gasteiger partial charge in [-0.25, -0.2) is 4.98 Å². The van der Waals surface area contributed by atoms with E-state index in [9.17, 15) is 0 Å². The van der Waals surface area contributed by atoms with E-state index in [-0.39, 0.29) is 0 Å². The van der Waals surface area contributed by atoms with Gasteiger partial charge in [0.05, 0.1) is 18.4 Å². The lowest BCUT2D eigenvalue weighted by Gasteiger charge is -2.09. The lowest BCUT2D eigenvalue weighted by Crippen LogP contribution is -1.91. The average molecular weight is 398 g/mol. The van der Waals surface area contributed by atoms with Gasteiger partial charge in [0.25, 0.3) is 0 Å². The van der Waals surface area contributed by atoms with Crippen LogP contribution in [-0.4, -0.2) is 30.1 Å². The Labute approximate surface area is 173 Å². The maximum atomic E-state index is 5.91. The second-order valence-corrected chi connectivity index (χ2v) is 7.77. The minimum absolute atomic E-state index is 0.344. The molecule has 0 unspecified atom stereocenters. The smallest absolute Gasteiger partial charge is 0.247 e. The Morgan fingerprint density at radius 2 is 1.97 bits per heavy atom. The first kappa shape index (κ1) is 18.3. The summed E-state index contributed by atoms with van der Waals surface area (Å²) in [6.07, 6.45) is 5.78. The number of rotatable bonds is 5. The number of benzene rings is 1. The molecule has 0 aliphatic heterocycles. The number of hydrogen-bond acceptors (Lipinski definition) is 5. The third kappa shape index (κ3) is 3.28. The molecular weight excluding hydrogens is 376 g/mol. The van der Waals surface area contributed by atoms with Crippen LogP contribution in [-0.2, 0) is 6.42 Å². The number of aromatic nitrogens is 6. The van der Waals surface area contributed by atoms with Crippen molar-refractivity contribution in [3.05, 3.63) is 71.9 Å². The highest BCUT2D eigenvalue weighted by Crippen LogP contribution is 2.37. The van der Waals surface area contributed by atoms with Crippen LogP contribution < -0.4 is 0 Å². The van der Waals surface area contributed by atoms with Crippen molar-refractivity contribution in [2.75, 3.05) is 0 Å². The number of imidazole rings is 1. The fraction of sp³-hybridized carbons (Fsp3) is 0.217. The molecule has 0 saturated carbocycles. The van der Waals surface area contributed by atoms with Gasteiger partial charge >= 0.3 is 0 Å². The minimum atomic E-state index is 0.344. The Hall–Kier alpha value is -3.74. The molecule has 7 nitrogen and oxygen atoms in total. The molecule has 0 aliphatic carbocycles. The van der Waals surface area contributed by atoms with E-state index in [1.807, 2.05) is 25.3 Å². The number of nitrogens with zero attached hydrogens (tertiary/aromatic N) is 4. The Balaban J connectivity index is 1.57. The van der Waals surface area contributed by atoms with Crippen molar-refractivity contribution in [2.24, 2.45) is 0 Å². The molecular formula is C23H22N6O. The fourth-order valence-corrected chi connectivity index (χ4v) is 3.86. The number of pyridine rings is 1. The summed E-state index contributed by atoms with van der Waals surface area (Å²) in [5.41, 5.74) is 7.47. The monoisotopic (exact) mass is 398 g/mol. The Bertz CT molecular complexity index is 1310. The van der Waals surface area contributed by atoms with E-state index in [2.05, 4.69) is 62.2 Å². The molecule has 0 fully saturated rings. The molecule has 5 rings (SSSR count). The lowest BCUT2D eigenvalue weighted by atomic mass is 9.95. The first-order valence-electron chi connectivity index (χ1n) is 9.97. The predicted octanol–water partition coefficient (Wildman–Crippen LogP) is 5.03. The molecule has 0 atom stereocenters. The van der Waals surface area contributed by atoms with E-state index < -0.39 is 0 Å². The molecule has 0 bridgehead atoms. The van der Waals surface area contributed by atoms with Crippen molar-refractivity contribution in [1.82, 2.24) is 30.1 Å². The highest BCUT2D eigenvalue weighted by atomic mass is 16.4. The van der Waals surface area contributed by atoms with Gasteiger partial charge in [0.1, 0.15) is 0 Å². The summed E-state index contributed by atoms with van der Waals surface area (Å²) in [5, 5.41) is 9.61. The van der Waals surface area contributed by atoms with Crippen molar-refractivity contribution in [2.45, 2.75) is 33.1 Å². The third-order valence-corrected chi connectivity index (χ3v) is 5.21. The van der Waals surface area contributed by atoms with E-state index >= 15 is 0 Å². The van der Waals surface area contributed by atoms with E-state index in [0.717, 1.165) is 33.7 Å². The zero-order valence-electron chi connectivity index (χ0n) is 17.1. The van der Waals surface area contributed by atoms with Crippen LogP contribution in [0.25, 0.3) is 33.6 Å². The molecule has 5 aromatic rings. The standard InChI is InChI=1S/C23H22N6O/c1-13(2)21-18-9-16(23-29-28-20(30-23)10-17-11-24-12-26-17)4-5-19(18)27-22(21)15-6-7-25-14(3)8-15/h4-9,11-13,27H,10H2,1-3H3,(H,24,26). The summed E-state index contributed by atoms with van der Waals surface area (Å²) in [6.45, 7) is 6.43. The number of nitrogens with one attached hydrogen (secondary N) is 2. The highest BCUT2D eigenvalue weighted by Gasteiger charge is 2.18. The average Bonchev–Trinajstić information content (AvgIpc) is 3.47. The SMILES string of the molecule is Cc1cc(-c2[nH]c3ccc(-c4nnc(Cc5cnc[nH]5)o4)cc3c2C(C)C)ccn1. The summed E-state index contributed by atoms with van der Waals surface area (Å²) < 4.78 is 5.91. The predicted molar refractivity (Wildman–Crippen MR) is 115 cm³/mol. The van der Waals surface area contributed by atoms with Gasteiger partial charge in [-0.1, -0.05) is 13.8 Å². The molecule has 0 radical (unpaired) electrons. The molecule has 2 N–H and O–H groups in total. The number of H-pyrrole nitrogens is 2. The van der Waals surface area contributed by atoms with Crippen molar-refractivity contribution in [3.63, 3.8) is 0 Å². The van der Waals surface area contributed by atoms with Gasteiger partial charge < -0.3 is 14.4 Å². The van der Waals surface area contributed by atoms with Gasteiger partial charge in [0.2, 0.25) is 11.8 Å². The topological polar surface area (TPSA) is 96.3 Å². The van der Waals surface area contributed by atoms with Crippen LogP contribution in [0.3, 0.4) is 0 Å². The summed E-state index contributed by atoms with van der Waals surface area (Å²) >= 11 is 0. The van der Waals surface area contributed by atoms with E-state index in [1.165, 1.54) is 10.9 Å². The van der Waals surface area contributed by atoms with Gasteiger partial charge in [-0.05, 0) is 48.7 Å². The van der Waals surface area contributed by atoms with E-state index in [4.69, 9.17) is 4.42 Å². The second-order valence-electron chi connectivity index (χ2n) is 7.77. The van der Waals surface area contributed by atoms with E-state index in [0.29, 0.717) is 24.1 Å². The Morgan fingerprint density at radius 1 is 1.07 bits per heavy atom. The fourth-order valence-electron chi connectivity index (χ4n) is 3.86. The van der Waals surface area contributed by atoms with E-state index in [1.54, 1.807) is 12.5 Å². The largest absolute Gasteiger partial charge is 0.420 e. The van der Waals surface area contributed by atoms with Gasteiger partial charge in [-0.2, -0.15) is 0 Å². The first-order valence-corrected chi connectivity index (χ1v) is 9.97. The summed E-state index contributed by atoms with van der Waals surface area (Å²) in [5.74, 6) is 1.42. The second kappa shape index (κ2) is 7.26. The van der Waals surface area contributed by atoms with Crippen molar-refractivity contribution < 1.29 is 4.42 Å². The number of aryl methyl sites for hydroxylation is 1. The molecule has 30 heavy (non-hydrogen) atoms. The number of hydrogen-bond donors (Lipinski definition) is 2. The zero-order chi connectivity index (χ0) is 20.7. The molecule has 4 aromatic heterocycles. The Morgan fingerprint density at radius 3 is 2.73 bits per heavy atom. The summed E-state index contributed by atoms with van der Waals surface area (Å²) in [6, 6.07) is 10.4. The normalized spacial score (nSPS) is 11.6. The highest BCUT2D eigenvalue weighted by molar-refractivity contribution is 5.93. The molecule has 1 aromatic carbocycles. The van der Waals surface area contributed by atoms with Gasteiger partial charge in [0, 0.05) is 45.8 Å². The van der Waals surface area contributed by atoms with Gasteiger partial charge in [-0.15, -0.1) is 10.2 Å². The van der Waals surface area contributed by atoms with Crippen molar-refractivity contribution in [1.29, 1.82) is 0 Å².